The molecule has 2 heterocycles. The summed E-state index contributed by atoms with van der Waals surface area (Å²) < 4.78 is 0. The minimum atomic E-state index is -0.320. The maximum absolute atomic E-state index is 9.88. The normalized spacial score (nSPS) is 29.0. The van der Waals surface area contributed by atoms with Gasteiger partial charge in [-0.3, -0.25) is 4.90 Å². The van der Waals surface area contributed by atoms with E-state index in [0.717, 1.165) is 24.9 Å². The smallest absolute Gasteiger partial charge is 0.0738 e. The maximum Gasteiger partial charge on any atom is 0.0738 e. The SMILES string of the molecule is CN1CCCC(O)C1c1cnnnc1. The molecule has 76 valence electrons. The molecule has 1 aliphatic heterocycles. The summed E-state index contributed by atoms with van der Waals surface area (Å²) in [5.41, 5.74) is 0.940. The van der Waals surface area contributed by atoms with Crippen molar-refractivity contribution in [2.45, 2.75) is 25.0 Å². The molecule has 2 rings (SSSR count). The van der Waals surface area contributed by atoms with Crippen molar-refractivity contribution in [3.05, 3.63) is 18.0 Å². The van der Waals surface area contributed by atoms with Crippen molar-refractivity contribution in [1.82, 2.24) is 20.3 Å². The van der Waals surface area contributed by atoms with Gasteiger partial charge in [-0.15, -0.1) is 10.2 Å². The van der Waals surface area contributed by atoms with Crippen LogP contribution in [0.4, 0.5) is 0 Å². The van der Waals surface area contributed by atoms with Gasteiger partial charge < -0.3 is 5.11 Å². The Labute approximate surface area is 82.8 Å². The first-order valence-corrected chi connectivity index (χ1v) is 4.80. The molecular weight excluding hydrogens is 180 g/mol. The molecule has 1 aromatic heterocycles. The lowest BCUT2D eigenvalue weighted by Crippen LogP contribution is -2.39. The third-order valence-electron chi connectivity index (χ3n) is 2.71. The van der Waals surface area contributed by atoms with Gasteiger partial charge in [-0.2, -0.15) is 0 Å². The van der Waals surface area contributed by atoms with Gasteiger partial charge in [0, 0.05) is 5.56 Å². The molecule has 0 bridgehead atoms. The second kappa shape index (κ2) is 3.98. The molecule has 1 saturated heterocycles. The highest BCUT2D eigenvalue weighted by Gasteiger charge is 2.29. The Balaban J connectivity index is 2.23. The Hall–Kier alpha value is -1.07. The summed E-state index contributed by atoms with van der Waals surface area (Å²) in [6.45, 7) is 1.00. The number of piperidine rings is 1. The Bertz CT molecular complexity index is 282. The van der Waals surface area contributed by atoms with Crippen molar-refractivity contribution in [3.8, 4) is 0 Å². The highest BCUT2D eigenvalue weighted by atomic mass is 16.3. The molecular formula is C9H14N4O. The molecule has 5 nitrogen and oxygen atoms in total. The van der Waals surface area contributed by atoms with Crippen LogP contribution in [-0.2, 0) is 0 Å². The van der Waals surface area contributed by atoms with E-state index in [1.807, 2.05) is 7.05 Å². The van der Waals surface area contributed by atoms with E-state index >= 15 is 0 Å². The number of hydrogen-bond acceptors (Lipinski definition) is 5. The van der Waals surface area contributed by atoms with Gasteiger partial charge in [0.1, 0.15) is 0 Å². The van der Waals surface area contributed by atoms with Crippen LogP contribution in [0.2, 0.25) is 0 Å². The molecule has 0 aliphatic carbocycles. The number of hydrogen-bond donors (Lipinski definition) is 1. The van der Waals surface area contributed by atoms with E-state index in [1.165, 1.54) is 0 Å². The Morgan fingerprint density at radius 3 is 2.79 bits per heavy atom. The summed E-state index contributed by atoms with van der Waals surface area (Å²) in [6.07, 6.45) is 4.91. The number of likely N-dealkylation sites (N-methyl/N-ethyl adjacent to an activating group) is 1. The van der Waals surface area contributed by atoms with Crippen LogP contribution in [-0.4, -0.2) is 45.1 Å². The lowest BCUT2D eigenvalue weighted by molar-refractivity contribution is 0.0237. The molecule has 1 N–H and O–H groups in total. The molecule has 1 fully saturated rings. The van der Waals surface area contributed by atoms with E-state index in [9.17, 15) is 5.11 Å². The van der Waals surface area contributed by atoms with Crippen LogP contribution in [0.1, 0.15) is 24.4 Å². The van der Waals surface area contributed by atoms with E-state index in [0.29, 0.717) is 0 Å². The highest BCUT2D eigenvalue weighted by Crippen LogP contribution is 2.28. The first kappa shape index (κ1) is 9.48. The van der Waals surface area contributed by atoms with Gasteiger partial charge >= 0.3 is 0 Å². The van der Waals surface area contributed by atoms with Gasteiger partial charge in [-0.05, 0) is 31.6 Å². The van der Waals surface area contributed by atoms with Gasteiger partial charge in [0.25, 0.3) is 0 Å². The maximum atomic E-state index is 9.88. The monoisotopic (exact) mass is 194 g/mol. The Morgan fingerprint density at radius 2 is 2.14 bits per heavy atom. The summed E-state index contributed by atoms with van der Waals surface area (Å²) in [7, 11) is 2.01. The molecule has 0 amide bonds. The fraction of sp³-hybridized carbons (Fsp3) is 0.667. The minimum Gasteiger partial charge on any atom is -0.391 e. The molecule has 2 unspecified atom stereocenters. The average molecular weight is 194 g/mol. The lowest BCUT2D eigenvalue weighted by Gasteiger charge is -2.36. The summed E-state index contributed by atoms with van der Waals surface area (Å²) in [4.78, 5) is 2.13. The van der Waals surface area contributed by atoms with Crippen molar-refractivity contribution < 1.29 is 5.11 Å². The third-order valence-corrected chi connectivity index (χ3v) is 2.71. The number of likely N-dealkylation sites (tertiary alicyclic amines) is 1. The van der Waals surface area contributed by atoms with E-state index < -0.39 is 0 Å². The molecule has 0 spiro atoms. The molecule has 14 heavy (non-hydrogen) atoms. The van der Waals surface area contributed by atoms with Gasteiger partial charge in [0.15, 0.2) is 0 Å². The average Bonchev–Trinajstić information content (AvgIpc) is 2.19. The third kappa shape index (κ3) is 1.73. The summed E-state index contributed by atoms with van der Waals surface area (Å²) in [6, 6.07) is 0.0201. The molecule has 1 aliphatic rings. The summed E-state index contributed by atoms with van der Waals surface area (Å²) in [5, 5.41) is 20.8. The zero-order chi connectivity index (χ0) is 9.97. The molecule has 0 saturated carbocycles. The van der Waals surface area contributed by atoms with Crippen molar-refractivity contribution in [1.29, 1.82) is 0 Å². The largest absolute Gasteiger partial charge is 0.391 e. The molecule has 5 heteroatoms. The standard InChI is InChI=1S/C9H14N4O/c1-13-4-2-3-8(14)9(13)7-5-10-12-11-6-7/h5-6,8-9,14H,2-4H2,1H3. The van der Waals surface area contributed by atoms with Crippen molar-refractivity contribution in [2.75, 3.05) is 13.6 Å². The van der Waals surface area contributed by atoms with Crippen molar-refractivity contribution >= 4 is 0 Å². The van der Waals surface area contributed by atoms with Crippen LogP contribution >= 0.6 is 0 Å². The Kier molecular flexibility index (Phi) is 2.69. The number of aliphatic hydroxyl groups is 1. The predicted octanol–water partition coefficient (Wildman–Crippen LogP) is -0.000800. The van der Waals surface area contributed by atoms with Crippen LogP contribution in [0.5, 0.6) is 0 Å². The molecule has 0 radical (unpaired) electrons. The second-order valence-corrected chi connectivity index (χ2v) is 3.71. The topological polar surface area (TPSA) is 62.1 Å². The van der Waals surface area contributed by atoms with E-state index in [-0.39, 0.29) is 12.1 Å². The number of aliphatic hydroxyl groups excluding tert-OH is 1. The number of aromatic nitrogens is 3. The van der Waals surface area contributed by atoms with E-state index in [4.69, 9.17) is 0 Å². The number of nitrogens with zero attached hydrogens (tertiary/aromatic N) is 4. The first-order chi connectivity index (χ1) is 6.79. The molecule has 1 aromatic rings. The van der Waals surface area contributed by atoms with Crippen LogP contribution in [0.25, 0.3) is 0 Å². The highest BCUT2D eigenvalue weighted by molar-refractivity contribution is 5.11. The van der Waals surface area contributed by atoms with Gasteiger partial charge in [-0.1, -0.05) is 0 Å². The van der Waals surface area contributed by atoms with Crippen LogP contribution in [0.15, 0.2) is 12.4 Å². The Morgan fingerprint density at radius 1 is 1.43 bits per heavy atom. The predicted molar refractivity (Wildman–Crippen MR) is 50.4 cm³/mol. The number of rotatable bonds is 1. The zero-order valence-electron chi connectivity index (χ0n) is 8.17. The fourth-order valence-electron chi connectivity index (χ4n) is 2.02. The van der Waals surface area contributed by atoms with Crippen LogP contribution in [0, 0.1) is 0 Å². The quantitative estimate of drug-likeness (QED) is 0.681. The van der Waals surface area contributed by atoms with E-state index in [2.05, 4.69) is 20.3 Å². The zero-order valence-corrected chi connectivity index (χ0v) is 8.17. The van der Waals surface area contributed by atoms with E-state index in [1.54, 1.807) is 12.4 Å². The molecule has 0 aromatic carbocycles. The van der Waals surface area contributed by atoms with Gasteiger partial charge in [0.2, 0.25) is 0 Å². The fourth-order valence-corrected chi connectivity index (χ4v) is 2.02. The second-order valence-electron chi connectivity index (χ2n) is 3.71. The van der Waals surface area contributed by atoms with Crippen LogP contribution < -0.4 is 0 Å². The van der Waals surface area contributed by atoms with Gasteiger partial charge in [-0.25, -0.2) is 0 Å². The first-order valence-electron chi connectivity index (χ1n) is 4.80. The van der Waals surface area contributed by atoms with Gasteiger partial charge in [0.05, 0.1) is 24.5 Å². The summed E-state index contributed by atoms with van der Waals surface area (Å²) in [5.74, 6) is 0. The van der Waals surface area contributed by atoms with Crippen LogP contribution in [0.3, 0.4) is 0 Å². The molecule has 2 atom stereocenters. The lowest BCUT2D eigenvalue weighted by atomic mass is 9.95. The summed E-state index contributed by atoms with van der Waals surface area (Å²) >= 11 is 0. The van der Waals surface area contributed by atoms with Crippen molar-refractivity contribution in [3.63, 3.8) is 0 Å². The minimum absolute atomic E-state index is 0.0201. The van der Waals surface area contributed by atoms with Crippen molar-refractivity contribution in [2.24, 2.45) is 0 Å².